The van der Waals surface area contributed by atoms with E-state index < -0.39 is 0 Å². The van der Waals surface area contributed by atoms with Crippen molar-refractivity contribution in [2.75, 3.05) is 12.4 Å². The number of hydrogen-bond acceptors (Lipinski definition) is 4. The van der Waals surface area contributed by atoms with Crippen LogP contribution in [0.2, 0.25) is 5.02 Å². The monoisotopic (exact) mass is 286 g/mol. The second kappa shape index (κ2) is 7.44. The van der Waals surface area contributed by atoms with Gasteiger partial charge in [0.1, 0.15) is 0 Å². The summed E-state index contributed by atoms with van der Waals surface area (Å²) in [6.45, 7) is 3.87. The minimum Gasteiger partial charge on any atom is -0.466 e. The highest BCUT2D eigenvalue weighted by Gasteiger charge is 2.16. The third-order valence-electron chi connectivity index (χ3n) is 2.23. The first-order valence-corrected chi connectivity index (χ1v) is 7.00. The van der Waals surface area contributed by atoms with E-state index in [4.69, 9.17) is 16.3 Å². The maximum atomic E-state index is 11.8. The predicted octanol–water partition coefficient (Wildman–Crippen LogP) is 3.41. The van der Waals surface area contributed by atoms with Crippen molar-refractivity contribution in [3.05, 3.63) is 34.9 Å². The zero-order chi connectivity index (χ0) is 13.5. The molecule has 1 aromatic carbocycles. The van der Waals surface area contributed by atoms with Crippen molar-refractivity contribution < 1.29 is 14.3 Å². The average molecular weight is 287 g/mol. The van der Waals surface area contributed by atoms with Crippen LogP contribution in [0.5, 0.6) is 0 Å². The van der Waals surface area contributed by atoms with E-state index in [1.165, 1.54) is 0 Å². The van der Waals surface area contributed by atoms with Gasteiger partial charge in [-0.15, -0.1) is 0 Å². The molecule has 0 bridgehead atoms. The van der Waals surface area contributed by atoms with Crippen LogP contribution < -0.4 is 0 Å². The molecule has 0 N–H and O–H groups in total. The fourth-order valence-corrected chi connectivity index (χ4v) is 2.19. The van der Waals surface area contributed by atoms with Crippen LogP contribution in [-0.4, -0.2) is 23.4 Å². The Morgan fingerprint density at radius 2 is 1.94 bits per heavy atom. The van der Waals surface area contributed by atoms with Crippen molar-refractivity contribution in [3.63, 3.8) is 0 Å². The lowest BCUT2D eigenvalue weighted by molar-refractivity contribution is -0.146. The second-order valence-electron chi connectivity index (χ2n) is 3.76. The zero-order valence-corrected chi connectivity index (χ0v) is 11.9. The molecule has 0 spiro atoms. The number of hydrogen-bond donors (Lipinski definition) is 0. The first kappa shape index (κ1) is 15.1. The van der Waals surface area contributed by atoms with Crippen molar-refractivity contribution in [3.8, 4) is 0 Å². The minimum absolute atomic E-state index is 0.0668. The molecule has 3 nitrogen and oxygen atoms in total. The number of benzene rings is 1. The molecular weight excluding hydrogens is 272 g/mol. The first-order valence-electron chi connectivity index (χ1n) is 5.64. The molecule has 18 heavy (non-hydrogen) atoms. The van der Waals surface area contributed by atoms with Gasteiger partial charge in [-0.25, -0.2) is 0 Å². The number of thioether (sulfide) groups is 1. The van der Waals surface area contributed by atoms with E-state index in [9.17, 15) is 9.59 Å². The number of carbonyl (C=O) groups excluding carboxylic acids is 2. The fourth-order valence-electron chi connectivity index (χ4n) is 1.22. The van der Waals surface area contributed by atoms with Gasteiger partial charge in [-0.3, -0.25) is 9.59 Å². The molecule has 0 aromatic heterocycles. The van der Waals surface area contributed by atoms with Crippen LogP contribution in [0.1, 0.15) is 24.2 Å². The highest BCUT2D eigenvalue weighted by atomic mass is 35.5. The van der Waals surface area contributed by atoms with Gasteiger partial charge in [0.15, 0.2) is 0 Å². The lowest BCUT2D eigenvalue weighted by Crippen LogP contribution is -2.17. The second-order valence-corrected chi connectivity index (χ2v) is 5.19. The molecule has 0 saturated carbocycles. The number of halogens is 1. The summed E-state index contributed by atoms with van der Waals surface area (Å²) in [5, 5.41) is 0.527. The standard InChI is InChI=1S/C13H15ClO3S/c1-3-17-12(15)9(2)8-18-13(16)10-4-6-11(14)7-5-10/h4-7,9H,3,8H2,1-2H3. The van der Waals surface area contributed by atoms with Crippen molar-refractivity contribution in [2.45, 2.75) is 13.8 Å². The van der Waals surface area contributed by atoms with Crippen LogP contribution in [-0.2, 0) is 9.53 Å². The minimum atomic E-state index is -0.286. The Morgan fingerprint density at radius 3 is 2.50 bits per heavy atom. The molecule has 0 aliphatic rings. The van der Waals surface area contributed by atoms with E-state index in [-0.39, 0.29) is 17.0 Å². The Bertz CT molecular complexity index is 417. The third kappa shape index (κ3) is 4.70. The summed E-state index contributed by atoms with van der Waals surface area (Å²) in [5.74, 6) is -0.138. The topological polar surface area (TPSA) is 43.4 Å². The molecule has 0 saturated heterocycles. The normalized spacial score (nSPS) is 11.9. The van der Waals surface area contributed by atoms with Crippen LogP contribution in [0, 0.1) is 5.92 Å². The zero-order valence-electron chi connectivity index (χ0n) is 10.3. The Kier molecular flexibility index (Phi) is 6.22. The molecule has 0 amide bonds. The summed E-state index contributed by atoms with van der Waals surface area (Å²) in [5.41, 5.74) is 0.584. The summed E-state index contributed by atoms with van der Waals surface area (Å²) in [6.07, 6.45) is 0. The quantitative estimate of drug-likeness (QED) is 0.778. The first-order chi connectivity index (χ1) is 8.54. The van der Waals surface area contributed by atoms with E-state index in [2.05, 4.69) is 0 Å². The van der Waals surface area contributed by atoms with Gasteiger partial charge in [-0.1, -0.05) is 30.3 Å². The van der Waals surface area contributed by atoms with E-state index >= 15 is 0 Å². The van der Waals surface area contributed by atoms with Crippen LogP contribution in [0.4, 0.5) is 0 Å². The van der Waals surface area contributed by atoms with Gasteiger partial charge in [-0.2, -0.15) is 0 Å². The molecule has 1 atom stereocenters. The van der Waals surface area contributed by atoms with Gasteiger partial charge in [0.2, 0.25) is 5.12 Å². The lowest BCUT2D eigenvalue weighted by Gasteiger charge is -2.09. The van der Waals surface area contributed by atoms with Gasteiger partial charge in [0, 0.05) is 16.3 Å². The summed E-state index contributed by atoms with van der Waals surface area (Å²) in [7, 11) is 0. The molecule has 98 valence electrons. The molecule has 0 aliphatic carbocycles. The van der Waals surface area contributed by atoms with E-state index in [0.717, 1.165) is 11.8 Å². The largest absolute Gasteiger partial charge is 0.466 e. The maximum absolute atomic E-state index is 11.8. The summed E-state index contributed by atoms with van der Waals surface area (Å²) >= 11 is 6.86. The van der Waals surface area contributed by atoms with Crippen molar-refractivity contribution in [1.82, 2.24) is 0 Å². The highest BCUT2D eigenvalue weighted by Crippen LogP contribution is 2.18. The number of rotatable bonds is 5. The van der Waals surface area contributed by atoms with Gasteiger partial charge < -0.3 is 4.74 Å². The molecule has 0 aliphatic heterocycles. The van der Waals surface area contributed by atoms with Gasteiger partial charge in [0.05, 0.1) is 12.5 Å². The van der Waals surface area contributed by atoms with E-state index in [1.807, 2.05) is 0 Å². The third-order valence-corrected chi connectivity index (χ3v) is 3.65. The van der Waals surface area contributed by atoms with E-state index in [1.54, 1.807) is 38.1 Å². The predicted molar refractivity (Wildman–Crippen MR) is 74.0 cm³/mol. The molecular formula is C13H15ClO3S. The Morgan fingerprint density at radius 1 is 1.33 bits per heavy atom. The van der Waals surface area contributed by atoms with E-state index in [0.29, 0.717) is 22.9 Å². The number of esters is 1. The molecule has 5 heteroatoms. The van der Waals surface area contributed by atoms with Crippen LogP contribution in [0.3, 0.4) is 0 Å². The van der Waals surface area contributed by atoms with Crippen LogP contribution >= 0.6 is 23.4 Å². The summed E-state index contributed by atoms with van der Waals surface area (Å²) in [6, 6.07) is 6.69. The molecule has 1 aromatic rings. The number of carbonyl (C=O) groups is 2. The van der Waals surface area contributed by atoms with Crippen molar-refractivity contribution in [1.29, 1.82) is 0 Å². The van der Waals surface area contributed by atoms with Crippen LogP contribution in [0.15, 0.2) is 24.3 Å². The summed E-state index contributed by atoms with van der Waals surface area (Å²) < 4.78 is 4.88. The fraction of sp³-hybridized carbons (Fsp3) is 0.385. The van der Waals surface area contributed by atoms with Gasteiger partial charge in [0.25, 0.3) is 0 Å². The highest BCUT2D eigenvalue weighted by molar-refractivity contribution is 8.14. The summed E-state index contributed by atoms with van der Waals surface area (Å²) in [4.78, 5) is 23.2. The Balaban J connectivity index is 2.46. The van der Waals surface area contributed by atoms with Gasteiger partial charge in [-0.05, 0) is 31.2 Å². The SMILES string of the molecule is CCOC(=O)C(C)CSC(=O)c1ccc(Cl)cc1. The average Bonchev–Trinajstić information content (AvgIpc) is 2.36. The van der Waals surface area contributed by atoms with Crippen LogP contribution in [0.25, 0.3) is 0 Å². The maximum Gasteiger partial charge on any atom is 0.309 e. The number of ether oxygens (including phenoxy) is 1. The molecule has 0 fully saturated rings. The van der Waals surface area contributed by atoms with Crippen molar-refractivity contribution in [2.24, 2.45) is 5.92 Å². The Labute approximate surface area is 116 Å². The van der Waals surface area contributed by atoms with Gasteiger partial charge >= 0.3 is 5.97 Å². The van der Waals surface area contributed by atoms with Crippen molar-refractivity contribution >= 4 is 34.4 Å². The molecule has 1 rings (SSSR count). The lowest BCUT2D eigenvalue weighted by atomic mass is 10.2. The smallest absolute Gasteiger partial charge is 0.309 e. The Hall–Kier alpha value is -1.00. The molecule has 0 radical (unpaired) electrons. The molecule has 0 heterocycles. The molecule has 1 unspecified atom stereocenters.